The van der Waals surface area contributed by atoms with Crippen LogP contribution in [0.25, 0.3) is 111 Å². The van der Waals surface area contributed by atoms with Gasteiger partial charge in [0.15, 0.2) is 17.5 Å². The average molecular weight is 728 g/mol. The molecule has 57 heavy (non-hydrogen) atoms. The summed E-state index contributed by atoms with van der Waals surface area (Å²) < 4.78 is 6.52. The number of aromatic nitrogens is 3. The summed E-state index contributed by atoms with van der Waals surface area (Å²) >= 11 is 0. The predicted molar refractivity (Wildman–Crippen MR) is 235 cm³/mol. The topological polar surface area (TPSA) is 51.8 Å². The molecule has 9 aromatic carbocycles. The molecule has 0 aliphatic heterocycles. The van der Waals surface area contributed by atoms with Gasteiger partial charge in [-0.25, -0.2) is 15.0 Å². The maximum atomic E-state index is 6.52. The molecule has 0 aliphatic carbocycles. The number of hydrogen-bond donors (Lipinski definition) is 0. The minimum Gasteiger partial charge on any atom is -0.455 e. The number of fused-ring (bicyclic) bond motifs is 6. The highest BCUT2D eigenvalue weighted by molar-refractivity contribution is 6.14. The Morgan fingerprint density at radius 2 is 0.825 bits per heavy atom. The highest BCUT2D eigenvalue weighted by atomic mass is 16.3. The number of nitrogens with zero attached hydrogens (tertiary/aromatic N) is 3. The van der Waals surface area contributed by atoms with E-state index in [1.807, 2.05) is 30.3 Å². The maximum Gasteiger partial charge on any atom is 0.167 e. The molecule has 0 spiro atoms. The van der Waals surface area contributed by atoms with Gasteiger partial charge in [-0.2, -0.15) is 0 Å². The summed E-state index contributed by atoms with van der Waals surface area (Å²) in [4.78, 5) is 15.7. The van der Waals surface area contributed by atoms with Crippen molar-refractivity contribution in [2.75, 3.05) is 0 Å². The van der Waals surface area contributed by atoms with Gasteiger partial charge >= 0.3 is 0 Å². The molecule has 0 fully saturated rings. The van der Waals surface area contributed by atoms with Crippen LogP contribution in [-0.4, -0.2) is 15.0 Å². The zero-order valence-electron chi connectivity index (χ0n) is 30.8. The Kier molecular flexibility index (Phi) is 7.78. The smallest absolute Gasteiger partial charge is 0.167 e. The molecule has 11 aromatic rings. The van der Waals surface area contributed by atoms with E-state index in [-0.39, 0.29) is 0 Å². The third kappa shape index (κ3) is 5.83. The fourth-order valence-corrected chi connectivity index (χ4v) is 8.13. The summed E-state index contributed by atoms with van der Waals surface area (Å²) in [6.07, 6.45) is 0. The Labute approximate surface area is 329 Å². The Balaban J connectivity index is 1.16. The van der Waals surface area contributed by atoms with E-state index in [1.165, 1.54) is 21.5 Å². The molecule has 4 nitrogen and oxygen atoms in total. The van der Waals surface area contributed by atoms with Crippen LogP contribution in [0.5, 0.6) is 0 Å². The molecule has 0 saturated carbocycles. The molecule has 0 unspecified atom stereocenters. The summed E-state index contributed by atoms with van der Waals surface area (Å²) in [6, 6.07) is 70.0. The molecular weight excluding hydrogens is 695 g/mol. The van der Waals surface area contributed by atoms with Crippen molar-refractivity contribution in [3.8, 4) is 67.5 Å². The fraction of sp³-hybridized carbons (Fsp3) is 0. The largest absolute Gasteiger partial charge is 0.455 e. The van der Waals surface area contributed by atoms with Crippen molar-refractivity contribution in [3.63, 3.8) is 0 Å². The van der Waals surface area contributed by atoms with Crippen LogP contribution in [-0.2, 0) is 0 Å². The number of hydrogen-bond acceptors (Lipinski definition) is 4. The van der Waals surface area contributed by atoms with Crippen molar-refractivity contribution < 1.29 is 4.42 Å². The maximum absolute atomic E-state index is 6.52. The van der Waals surface area contributed by atoms with Crippen LogP contribution in [0.15, 0.2) is 205 Å². The Bertz CT molecular complexity index is 3280. The van der Waals surface area contributed by atoms with Gasteiger partial charge < -0.3 is 4.42 Å². The molecule has 0 radical (unpaired) electrons. The van der Waals surface area contributed by atoms with Gasteiger partial charge in [-0.3, -0.25) is 0 Å². The standard InChI is InChI=1S/C53H33N3O/c1-3-13-34(14-4-1)36-25-29-39(30-26-36)51-54-52(56-53(55-51)47-23-12-22-46-45-20-9-10-24-48(45)57-50(46)47)42-32-40(35-15-5-2-6-16-35)31-41(33-42)44-21-11-18-38-28-27-37-17-7-8-19-43(37)49(38)44/h1-33H. The van der Waals surface area contributed by atoms with E-state index in [2.05, 4.69) is 170 Å². The number of furan rings is 1. The molecule has 11 rings (SSSR count). The zero-order valence-corrected chi connectivity index (χ0v) is 30.8. The van der Waals surface area contributed by atoms with E-state index >= 15 is 0 Å². The van der Waals surface area contributed by atoms with Crippen molar-refractivity contribution in [3.05, 3.63) is 200 Å². The first kappa shape index (κ1) is 32.7. The molecule has 0 saturated heterocycles. The van der Waals surface area contributed by atoms with Crippen LogP contribution in [0.2, 0.25) is 0 Å². The van der Waals surface area contributed by atoms with Crippen LogP contribution in [0.1, 0.15) is 0 Å². The van der Waals surface area contributed by atoms with Gasteiger partial charge in [-0.05, 0) is 85.3 Å². The van der Waals surface area contributed by atoms with E-state index in [0.717, 1.165) is 72.0 Å². The van der Waals surface area contributed by atoms with Gasteiger partial charge in [0.1, 0.15) is 11.2 Å². The highest BCUT2D eigenvalue weighted by Gasteiger charge is 2.19. The fourth-order valence-electron chi connectivity index (χ4n) is 8.13. The van der Waals surface area contributed by atoms with Crippen LogP contribution >= 0.6 is 0 Å². The zero-order chi connectivity index (χ0) is 37.7. The van der Waals surface area contributed by atoms with E-state index < -0.39 is 0 Å². The SMILES string of the molecule is c1ccc(-c2ccc(-c3nc(-c4cc(-c5ccccc5)cc(-c5cccc6ccc7ccccc7c56)c4)nc(-c4cccc5c4oc4ccccc45)n3)cc2)cc1. The lowest BCUT2D eigenvalue weighted by molar-refractivity contribution is 0.669. The molecule has 266 valence electrons. The molecule has 0 amide bonds. The van der Waals surface area contributed by atoms with Gasteiger partial charge in [0.2, 0.25) is 0 Å². The molecule has 0 N–H and O–H groups in total. The van der Waals surface area contributed by atoms with Gasteiger partial charge in [0, 0.05) is 21.9 Å². The van der Waals surface area contributed by atoms with Crippen LogP contribution < -0.4 is 0 Å². The number of para-hydroxylation sites is 2. The van der Waals surface area contributed by atoms with E-state index in [0.29, 0.717) is 17.5 Å². The first-order valence-corrected chi connectivity index (χ1v) is 19.2. The molecule has 0 aliphatic rings. The summed E-state index contributed by atoms with van der Waals surface area (Å²) in [5, 5.41) is 6.93. The molecule has 2 aromatic heterocycles. The lowest BCUT2D eigenvalue weighted by Crippen LogP contribution is -2.01. The lowest BCUT2D eigenvalue weighted by Gasteiger charge is -2.15. The monoisotopic (exact) mass is 727 g/mol. The second-order valence-corrected chi connectivity index (χ2v) is 14.4. The quantitative estimate of drug-likeness (QED) is 0.160. The lowest BCUT2D eigenvalue weighted by atomic mass is 9.91. The van der Waals surface area contributed by atoms with Crippen LogP contribution in [0.4, 0.5) is 0 Å². The Hall–Kier alpha value is -7.69. The molecule has 0 atom stereocenters. The van der Waals surface area contributed by atoms with Crippen LogP contribution in [0, 0.1) is 0 Å². The molecule has 0 bridgehead atoms. The molecular formula is C53H33N3O. The van der Waals surface area contributed by atoms with Crippen molar-refractivity contribution in [1.29, 1.82) is 0 Å². The number of rotatable bonds is 6. The van der Waals surface area contributed by atoms with Gasteiger partial charge in [-0.1, -0.05) is 170 Å². The number of benzene rings is 9. The van der Waals surface area contributed by atoms with Crippen molar-refractivity contribution in [2.45, 2.75) is 0 Å². The minimum absolute atomic E-state index is 0.551. The second kappa shape index (κ2) is 13.6. The summed E-state index contributed by atoms with van der Waals surface area (Å²) in [6.45, 7) is 0. The molecule has 2 heterocycles. The normalized spacial score (nSPS) is 11.5. The Morgan fingerprint density at radius 1 is 0.298 bits per heavy atom. The minimum atomic E-state index is 0.551. The second-order valence-electron chi connectivity index (χ2n) is 14.4. The Morgan fingerprint density at radius 3 is 1.63 bits per heavy atom. The van der Waals surface area contributed by atoms with Gasteiger partial charge in [0.05, 0.1) is 5.56 Å². The first-order valence-electron chi connectivity index (χ1n) is 19.2. The van der Waals surface area contributed by atoms with Gasteiger partial charge in [0.25, 0.3) is 0 Å². The molecule has 4 heteroatoms. The average Bonchev–Trinajstić information content (AvgIpc) is 3.68. The van der Waals surface area contributed by atoms with Gasteiger partial charge in [-0.15, -0.1) is 0 Å². The van der Waals surface area contributed by atoms with Crippen LogP contribution in [0.3, 0.4) is 0 Å². The highest BCUT2D eigenvalue weighted by Crippen LogP contribution is 2.40. The summed E-state index contributed by atoms with van der Waals surface area (Å²) in [5.74, 6) is 1.72. The third-order valence-electron chi connectivity index (χ3n) is 10.9. The summed E-state index contributed by atoms with van der Waals surface area (Å²) in [5.41, 5.74) is 10.9. The predicted octanol–water partition coefficient (Wildman–Crippen LogP) is 14.1. The van der Waals surface area contributed by atoms with Crippen molar-refractivity contribution >= 4 is 43.5 Å². The van der Waals surface area contributed by atoms with E-state index in [1.54, 1.807) is 0 Å². The third-order valence-corrected chi connectivity index (χ3v) is 10.9. The van der Waals surface area contributed by atoms with Crippen molar-refractivity contribution in [1.82, 2.24) is 15.0 Å². The first-order chi connectivity index (χ1) is 28.2. The van der Waals surface area contributed by atoms with E-state index in [4.69, 9.17) is 19.4 Å². The van der Waals surface area contributed by atoms with E-state index in [9.17, 15) is 0 Å². The summed E-state index contributed by atoms with van der Waals surface area (Å²) in [7, 11) is 0. The van der Waals surface area contributed by atoms with Crippen molar-refractivity contribution in [2.24, 2.45) is 0 Å².